The first kappa shape index (κ1) is 18.6. The third kappa shape index (κ3) is 3.80. The van der Waals surface area contributed by atoms with E-state index in [1.165, 1.54) is 0 Å². The predicted molar refractivity (Wildman–Crippen MR) is 101 cm³/mol. The molecular formula is C20H23N3O2S. The first-order chi connectivity index (χ1) is 12.4. The quantitative estimate of drug-likeness (QED) is 0.831. The van der Waals surface area contributed by atoms with Crippen LogP contribution < -0.4 is 0 Å². The summed E-state index contributed by atoms with van der Waals surface area (Å²) in [5.41, 5.74) is 3.51. The van der Waals surface area contributed by atoms with Crippen LogP contribution >= 0.6 is 0 Å². The molecular weight excluding hydrogens is 346 g/mol. The highest BCUT2D eigenvalue weighted by molar-refractivity contribution is 7.89. The molecule has 1 fully saturated rings. The molecule has 0 aliphatic carbocycles. The molecule has 0 radical (unpaired) electrons. The summed E-state index contributed by atoms with van der Waals surface area (Å²) in [7, 11) is -3.46. The van der Waals surface area contributed by atoms with Crippen molar-refractivity contribution in [2.45, 2.75) is 25.3 Å². The van der Waals surface area contributed by atoms with E-state index in [0.29, 0.717) is 43.2 Å². The van der Waals surface area contributed by atoms with Crippen LogP contribution in [0, 0.1) is 25.2 Å². The van der Waals surface area contributed by atoms with Gasteiger partial charge in [0.1, 0.15) is 0 Å². The minimum Gasteiger partial charge on any atom is -0.296 e. The fourth-order valence-corrected chi connectivity index (χ4v) is 4.99. The van der Waals surface area contributed by atoms with Crippen molar-refractivity contribution in [2.24, 2.45) is 0 Å². The van der Waals surface area contributed by atoms with E-state index >= 15 is 0 Å². The summed E-state index contributed by atoms with van der Waals surface area (Å²) in [6, 6.07) is 15.2. The van der Waals surface area contributed by atoms with E-state index in [1.807, 2.05) is 50.2 Å². The summed E-state index contributed by atoms with van der Waals surface area (Å²) in [4.78, 5) is 2.59. The summed E-state index contributed by atoms with van der Waals surface area (Å²) in [6.07, 6.45) is 0. The molecule has 1 aliphatic heterocycles. The summed E-state index contributed by atoms with van der Waals surface area (Å²) >= 11 is 0. The molecule has 0 unspecified atom stereocenters. The van der Waals surface area contributed by atoms with Crippen LogP contribution in [-0.4, -0.2) is 43.8 Å². The van der Waals surface area contributed by atoms with Gasteiger partial charge in [-0.3, -0.25) is 4.90 Å². The maximum absolute atomic E-state index is 12.9. The van der Waals surface area contributed by atoms with Crippen molar-refractivity contribution in [3.8, 4) is 6.07 Å². The van der Waals surface area contributed by atoms with Gasteiger partial charge < -0.3 is 0 Å². The van der Waals surface area contributed by atoms with Crippen LogP contribution in [0.4, 0.5) is 0 Å². The Labute approximate surface area is 155 Å². The number of nitrogens with zero attached hydrogens (tertiary/aromatic N) is 3. The van der Waals surface area contributed by atoms with Gasteiger partial charge in [-0.25, -0.2) is 8.42 Å². The molecule has 2 aromatic rings. The van der Waals surface area contributed by atoms with Crippen molar-refractivity contribution in [3.05, 3.63) is 64.7 Å². The second-order valence-electron chi connectivity index (χ2n) is 6.72. The van der Waals surface area contributed by atoms with Crippen LogP contribution in [-0.2, 0) is 16.6 Å². The molecule has 5 nitrogen and oxygen atoms in total. The zero-order valence-corrected chi connectivity index (χ0v) is 16.0. The lowest BCUT2D eigenvalue weighted by Crippen LogP contribution is -2.48. The first-order valence-electron chi connectivity index (χ1n) is 8.69. The van der Waals surface area contributed by atoms with Gasteiger partial charge in [-0.1, -0.05) is 35.9 Å². The molecule has 0 aromatic heterocycles. The highest BCUT2D eigenvalue weighted by atomic mass is 32.2. The summed E-state index contributed by atoms with van der Waals surface area (Å²) in [6.45, 7) is 6.71. The van der Waals surface area contributed by atoms with Crippen LogP contribution in [0.3, 0.4) is 0 Å². The molecule has 0 saturated carbocycles. The smallest absolute Gasteiger partial charge is 0.243 e. The van der Waals surface area contributed by atoms with Gasteiger partial charge in [-0.05, 0) is 37.1 Å². The summed E-state index contributed by atoms with van der Waals surface area (Å²) < 4.78 is 27.5. The number of hydrogen-bond donors (Lipinski definition) is 0. The number of piperazine rings is 1. The predicted octanol–water partition coefficient (Wildman–Crippen LogP) is 2.68. The Kier molecular flexibility index (Phi) is 5.42. The molecule has 1 saturated heterocycles. The summed E-state index contributed by atoms with van der Waals surface area (Å²) in [5, 5.41) is 9.21. The molecule has 1 aliphatic rings. The normalized spacial score (nSPS) is 16.3. The Morgan fingerprint density at radius 2 is 1.73 bits per heavy atom. The van der Waals surface area contributed by atoms with Gasteiger partial charge in [-0.2, -0.15) is 9.57 Å². The monoisotopic (exact) mass is 369 g/mol. The van der Waals surface area contributed by atoms with Gasteiger partial charge in [0, 0.05) is 32.7 Å². The minimum atomic E-state index is -3.46. The lowest BCUT2D eigenvalue weighted by Gasteiger charge is -2.34. The van der Waals surface area contributed by atoms with Crippen LogP contribution in [0.5, 0.6) is 0 Å². The highest BCUT2D eigenvalue weighted by Gasteiger charge is 2.29. The topological polar surface area (TPSA) is 64.4 Å². The Balaban J connectivity index is 1.69. The van der Waals surface area contributed by atoms with Gasteiger partial charge in [0.2, 0.25) is 10.0 Å². The van der Waals surface area contributed by atoms with E-state index in [1.54, 1.807) is 10.4 Å². The van der Waals surface area contributed by atoms with E-state index in [4.69, 9.17) is 0 Å². The van der Waals surface area contributed by atoms with Gasteiger partial charge >= 0.3 is 0 Å². The van der Waals surface area contributed by atoms with Gasteiger partial charge in [0.25, 0.3) is 0 Å². The lowest BCUT2D eigenvalue weighted by atomic mass is 10.1. The molecule has 0 spiro atoms. The number of hydrogen-bond acceptors (Lipinski definition) is 4. The van der Waals surface area contributed by atoms with Gasteiger partial charge in [0.05, 0.1) is 16.5 Å². The maximum Gasteiger partial charge on any atom is 0.243 e. The van der Waals surface area contributed by atoms with E-state index in [-0.39, 0.29) is 0 Å². The molecule has 6 heteroatoms. The van der Waals surface area contributed by atoms with Crippen molar-refractivity contribution in [3.63, 3.8) is 0 Å². The SMILES string of the molecule is Cc1ccc(S(=O)(=O)N2CCN(Cc3ccccc3C#N)CC2)c(C)c1. The zero-order valence-electron chi connectivity index (χ0n) is 15.1. The Hall–Kier alpha value is -2.20. The molecule has 26 heavy (non-hydrogen) atoms. The largest absolute Gasteiger partial charge is 0.296 e. The molecule has 0 N–H and O–H groups in total. The molecule has 2 aromatic carbocycles. The van der Waals surface area contributed by atoms with E-state index in [0.717, 1.165) is 16.7 Å². The number of benzene rings is 2. The number of rotatable bonds is 4. The van der Waals surface area contributed by atoms with Crippen molar-refractivity contribution < 1.29 is 8.42 Å². The van der Waals surface area contributed by atoms with E-state index in [9.17, 15) is 13.7 Å². The third-order valence-electron chi connectivity index (χ3n) is 4.81. The average molecular weight is 369 g/mol. The lowest BCUT2D eigenvalue weighted by molar-refractivity contribution is 0.181. The van der Waals surface area contributed by atoms with Crippen LogP contribution in [0.25, 0.3) is 0 Å². The maximum atomic E-state index is 12.9. The van der Waals surface area contributed by atoms with Crippen molar-refractivity contribution in [1.82, 2.24) is 9.21 Å². The second kappa shape index (κ2) is 7.58. The van der Waals surface area contributed by atoms with E-state index in [2.05, 4.69) is 11.0 Å². The first-order valence-corrected chi connectivity index (χ1v) is 10.1. The van der Waals surface area contributed by atoms with Crippen LogP contribution in [0.15, 0.2) is 47.4 Å². The van der Waals surface area contributed by atoms with Crippen LogP contribution in [0.1, 0.15) is 22.3 Å². The van der Waals surface area contributed by atoms with Crippen LogP contribution in [0.2, 0.25) is 0 Å². The number of nitriles is 1. The van der Waals surface area contributed by atoms with Crippen molar-refractivity contribution >= 4 is 10.0 Å². The molecule has 1 heterocycles. The zero-order chi connectivity index (χ0) is 18.7. The molecule has 0 amide bonds. The molecule has 0 bridgehead atoms. The van der Waals surface area contributed by atoms with Gasteiger partial charge in [0.15, 0.2) is 0 Å². The highest BCUT2D eigenvalue weighted by Crippen LogP contribution is 2.22. The van der Waals surface area contributed by atoms with E-state index < -0.39 is 10.0 Å². The van der Waals surface area contributed by atoms with Gasteiger partial charge in [-0.15, -0.1) is 0 Å². The summed E-state index contributed by atoms with van der Waals surface area (Å²) in [5.74, 6) is 0. The number of sulfonamides is 1. The Morgan fingerprint density at radius 1 is 1.04 bits per heavy atom. The molecule has 136 valence electrons. The fraction of sp³-hybridized carbons (Fsp3) is 0.350. The minimum absolute atomic E-state index is 0.395. The Bertz CT molecular complexity index is 940. The Morgan fingerprint density at radius 3 is 2.38 bits per heavy atom. The average Bonchev–Trinajstić information content (AvgIpc) is 2.62. The van der Waals surface area contributed by atoms with Crippen molar-refractivity contribution in [2.75, 3.05) is 26.2 Å². The third-order valence-corrected chi connectivity index (χ3v) is 6.87. The standard InChI is InChI=1S/C20H23N3O2S/c1-16-7-8-20(17(2)13-16)26(24,25)23-11-9-22(10-12-23)15-19-6-4-3-5-18(19)14-21/h3-8,13H,9-12,15H2,1-2H3. The second-order valence-corrected chi connectivity index (χ2v) is 8.62. The van der Waals surface area contributed by atoms with Crippen molar-refractivity contribution in [1.29, 1.82) is 5.26 Å². The molecule has 3 rings (SSSR count). The number of aryl methyl sites for hydroxylation is 2. The molecule has 0 atom stereocenters. The fourth-order valence-electron chi connectivity index (χ4n) is 3.36.